The standard InChI is InChI=1S/C14H19FN2/c1-10(9-16-13-4-5-13)17-7-6-11-2-3-12(15)8-14(11)17/h2-3,8,10,13,16H,4-7,9H2,1H3. The van der Waals surface area contributed by atoms with Crippen LogP contribution >= 0.6 is 0 Å². The van der Waals surface area contributed by atoms with Gasteiger partial charge in [-0.05, 0) is 43.9 Å². The molecule has 0 spiro atoms. The van der Waals surface area contributed by atoms with E-state index in [4.69, 9.17) is 0 Å². The van der Waals surface area contributed by atoms with Crippen molar-refractivity contribution >= 4 is 5.69 Å². The Morgan fingerprint density at radius 1 is 1.47 bits per heavy atom. The number of nitrogens with one attached hydrogen (secondary N) is 1. The molecule has 0 aromatic heterocycles. The molecule has 92 valence electrons. The second kappa shape index (κ2) is 4.30. The van der Waals surface area contributed by atoms with Crippen LogP contribution in [0.5, 0.6) is 0 Å². The minimum absolute atomic E-state index is 0.127. The smallest absolute Gasteiger partial charge is 0.125 e. The Morgan fingerprint density at radius 3 is 3.06 bits per heavy atom. The predicted molar refractivity (Wildman–Crippen MR) is 67.9 cm³/mol. The van der Waals surface area contributed by atoms with Gasteiger partial charge in [-0.3, -0.25) is 0 Å². The number of nitrogens with zero attached hydrogens (tertiary/aromatic N) is 1. The lowest BCUT2D eigenvalue weighted by Crippen LogP contribution is -2.40. The average molecular weight is 234 g/mol. The molecule has 1 fully saturated rings. The van der Waals surface area contributed by atoms with Crippen LogP contribution in [0.3, 0.4) is 0 Å². The Morgan fingerprint density at radius 2 is 2.29 bits per heavy atom. The molecule has 3 heteroatoms. The highest BCUT2D eigenvalue weighted by molar-refractivity contribution is 5.58. The normalized spacial score (nSPS) is 20.5. The largest absolute Gasteiger partial charge is 0.367 e. The lowest BCUT2D eigenvalue weighted by Gasteiger charge is -2.27. The van der Waals surface area contributed by atoms with E-state index in [0.717, 1.165) is 31.2 Å². The van der Waals surface area contributed by atoms with Crippen molar-refractivity contribution in [3.63, 3.8) is 0 Å². The Balaban J connectivity index is 1.70. The molecule has 1 saturated carbocycles. The van der Waals surface area contributed by atoms with Gasteiger partial charge in [0.2, 0.25) is 0 Å². The second-order valence-corrected chi connectivity index (χ2v) is 5.25. The van der Waals surface area contributed by atoms with Crippen LogP contribution in [0.4, 0.5) is 10.1 Å². The summed E-state index contributed by atoms with van der Waals surface area (Å²) in [6, 6.07) is 6.35. The summed E-state index contributed by atoms with van der Waals surface area (Å²) >= 11 is 0. The molecule has 1 N–H and O–H groups in total. The van der Waals surface area contributed by atoms with E-state index in [9.17, 15) is 4.39 Å². The first-order chi connectivity index (χ1) is 8.24. The van der Waals surface area contributed by atoms with E-state index in [2.05, 4.69) is 17.1 Å². The molecule has 1 unspecified atom stereocenters. The average Bonchev–Trinajstić information content (AvgIpc) is 3.05. The van der Waals surface area contributed by atoms with Crippen molar-refractivity contribution in [3.8, 4) is 0 Å². The molecule has 2 aliphatic rings. The summed E-state index contributed by atoms with van der Waals surface area (Å²) in [4.78, 5) is 2.33. The van der Waals surface area contributed by atoms with Gasteiger partial charge in [0.15, 0.2) is 0 Å². The predicted octanol–water partition coefficient (Wildman–Crippen LogP) is 2.33. The number of rotatable bonds is 4. The molecular formula is C14H19FN2. The summed E-state index contributed by atoms with van der Waals surface area (Å²) in [5.74, 6) is -0.127. The summed E-state index contributed by atoms with van der Waals surface area (Å²) in [5.41, 5.74) is 2.37. The highest BCUT2D eigenvalue weighted by Gasteiger charge is 2.26. The van der Waals surface area contributed by atoms with Gasteiger partial charge in [-0.25, -0.2) is 4.39 Å². The first-order valence-corrected chi connectivity index (χ1v) is 6.52. The van der Waals surface area contributed by atoms with Gasteiger partial charge >= 0.3 is 0 Å². The van der Waals surface area contributed by atoms with Crippen LogP contribution in [0.2, 0.25) is 0 Å². The third-order valence-electron chi connectivity index (χ3n) is 3.79. The number of hydrogen-bond donors (Lipinski definition) is 1. The lowest BCUT2D eigenvalue weighted by atomic mass is 10.1. The van der Waals surface area contributed by atoms with Gasteiger partial charge in [0.25, 0.3) is 0 Å². The van der Waals surface area contributed by atoms with Gasteiger partial charge in [-0.15, -0.1) is 0 Å². The SMILES string of the molecule is CC(CNC1CC1)N1CCc2ccc(F)cc21. The zero-order chi connectivity index (χ0) is 11.8. The van der Waals surface area contributed by atoms with E-state index in [1.54, 1.807) is 12.1 Å². The van der Waals surface area contributed by atoms with E-state index < -0.39 is 0 Å². The molecule has 3 rings (SSSR count). The molecule has 2 nitrogen and oxygen atoms in total. The molecule has 0 bridgehead atoms. The Kier molecular flexibility index (Phi) is 2.79. The van der Waals surface area contributed by atoms with Gasteiger partial charge in [-0.1, -0.05) is 6.07 Å². The van der Waals surface area contributed by atoms with Gasteiger partial charge in [0.1, 0.15) is 5.82 Å². The molecule has 1 heterocycles. The molecule has 17 heavy (non-hydrogen) atoms. The maximum atomic E-state index is 13.3. The summed E-state index contributed by atoms with van der Waals surface area (Å²) < 4.78 is 13.3. The molecule has 0 amide bonds. The summed E-state index contributed by atoms with van der Waals surface area (Å²) in [6.07, 6.45) is 3.68. The number of hydrogen-bond acceptors (Lipinski definition) is 2. The number of benzene rings is 1. The van der Waals surface area contributed by atoms with Crippen LogP contribution < -0.4 is 10.2 Å². The van der Waals surface area contributed by atoms with Gasteiger partial charge in [0, 0.05) is 30.9 Å². The zero-order valence-electron chi connectivity index (χ0n) is 10.2. The molecular weight excluding hydrogens is 215 g/mol. The first kappa shape index (κ1) is 11.0. The van der Waals surface area contributed by atoms with Gasteiger partial charge in [-0.2, -0.15) is 0 Å². The van der Waals surface area contributed by atoms with Gasteiger partial charge < -0.3 is 10.2 Å². The van der Waals surface area contributed by atoms with Crippen molar-refractivity contribution in [2.24, 2.45) is 0 Å². The topological polar surface area (TPSA) is 15.3 Å². The quantitative estimate of drug-likeness (QED) is 0.860. The second-order valence-electron chi connectivity index (χ2n) is 5.25. The number of halogens is 1. The number of fused-ring (bicyclic) bond motifs is 1. The third-order valence-corrected chi connectivity index (χ3v) is 3.79. The Hall–Kier alpha value is -1.09. The molecule has 1 aliphatic heterocycles. The molecule has 1 aromatic rings. The van der Waals surface area contributed by atoms with Crippen LogP contribution in [0.15, 0.2) is 18.2 Å². The fourth-order valence-electron chi connectivity index (χ4n) is 2.57. The van der Waals surface area contributed by atoms with E-state index in [1.165, 1.54) is 18.4 Å². The zero-order valence-corrected chi connectivity index (χ0v) is 10.2. The van der Waals surface area contributed by atoms with Crippen molar-refractivity contribution in [3.05, 3.63) is 29.6 Å². The number of anilines is 1. The van der Waals surface area contributed by atoms with Gasteiger partial charge in [0.05, 0.1) is 0 Å². The molecule has 1 aliphatic carbocycles. The summed E-state index contributed by atoms with van der Waals surface area (Å²) in [7, 11) is 0. The van der Waals surface area contributed by atoms with Crippen LogP contribution in [-0.2, 0) is 6.42 Å². The minimum Gasteiger partial charge on any atom is -0.367 e. The van der Waals surface area contributed by atoms with E-state index in [0.29, 0.717) is 6.04 Å². The highest BCUT2D eigenvalue weighted by Crippen LogP contribution is 2.30. The van der Waals surface area contributed by atoms with Crippen molar-refractivity contribution in [2.75, 3.05) is 18.0 Å². The maximum Gasteiger partial charge on any atom is 0.125 e. The van der Waals surface area contributed by atoms with Crippen molar-refractivity contribution in [1.29, 1.82) is 0 Å². The summed E-state index contributed by atoms with van der Waals surface area (Å²) in [6.45, 7) is 4.24. The monoisotopic (exact) mass is 234 g/mol. The van der Waals surface area contributed by atoms with Crippen LogP contribution in [0.25, 0.3) is 0 Å². The van der Waals surface area contributed by atoms with E-state index >= 15 is 0 Å². The molecule has 1 atom stereocenters. The van der Waals surface area contributed by atoms with Crippen LogP contribution in [0.1, 0.15) is 25.3 Å². The van der Waals surface area contributed by atoms with Crippen LogP contribution in [0, 0.1) is 5.82 Å². The molecule has 0 saturated heterocycles. The summed E-state index contributed by atoms with van der Waals surface area (Å²) in [5, 5.41) is 3.54. The minimum atomic E-state index is -0.127. The van der Waals surface area contributed by atoms with E-state index in [-0.39, 0.29) is 5.82 Å². The van der Waals surface area contributed by atoms with Crippen LogP contribution in [-0.4, -0.2) is 25.2 Å². The molecule has 0 radical (unpaired) electrons. The first-order valence-electron chi connectivity index (χ1n) is 6.52. The maximum absolute atomic E-state index is 13.3. The van der Waals surface area contributed by atoms with E-state index in [1.807, 2.05) is 6.07 Å². The highest BCUT2D eigenvalue weighted by atomic mass is 19.1. The van der Waals surface area contributed by atoms with Crippen molar-refractivity contribution in [1.82, 2.24) is 5.32 Å². The van der Waals surface area contributed by atoms with Crippen molar-refractivity contribution in [2.45, 2.75) is 38.3 Å². The Bertz CT molecular complexity index is 415. The third kappa shape index (κ3) is 2.29. The van der Waals surface area contributed by atoms with Crippen molar-refractivity contribution < 1.29 is 4.39 Å². The lowest BCUT2D eigenvalue weighted by molar-refractivity contribution is 0.567. The fraction of sp³-hybridized carbons (Fsp3) is 0.571. The Labute approximate surface area is 102 Å². The fourth-order valence-corrected chi connectivity index (χ4v) is 2.57. The molecule has 1 aromatic carbocycles.